The van der Waals surface area contributed by atoms with E-state index in [-0.39, 0.29) is 9.77 Å². The van der Waals surface area contributed by atoms with Crippen molar-refractivity contribution in [3.8, 4) is 5.75 Å². The molecule has 1 heterocycles. The van der Waals surface area contributed by atoms with Crippen LogP contribution in [0, 0.1) is 0 Å². The van der Waals surface area contributed by atoms with Crippen molar-refractivity contribution in [1.29, 1.82) is 0 Å². The molecule has 4 rings (SSSR count). The predicted octanol–water partition coefficient (Wildman–Crippen LogP) is 4.55. The zero-order chi connectivity index (χ0) is 25.9. The number of thiazole rings is 1. The first-order chi connectivity index (χ1) is 17.2. The van der Waals surface area contributed by atoms with Crippen molar-refractivity contribution in [2.24, 2.45) is 7.05 Å². The van der Waals surface area contributed by atoms with Gasteiger partial charge in [-0.05, 0) is 79.9 Å². The summed E-state index contributed by atoms with van der Waals surface area (Å²) in [6.07, 6.45) is 1.91. The summed E-state index contributed by atoms with van der Waals surface area (Å²) >= 11 is 2.58. The largest absolute Gasteiger partial charge is 0.494 e. The first-order valence-corrected chi connectivity index (χ1v) is 14.5. The fraction of sp³-hybridized carbons (Fsp3) is 0.200. The van der Waals surface area contributed by atoms with Crippen LogP contribution in [-0.4, -0.2) is 38.3 Å². The number of fused-ring (bicyclic) bond motifs is 1. The van der Waals surface area contributed by atoms with E-state index in [0.29, 0.717) is 23.7 Å². The minimum absolute atomic E-state index is 0.0810. The molecule has 0 spiro atoms. The highest BCUT2D eigenvalue weighted by Crippen LogP contribution is 2.28. The highest BCUT2D eigenvalue weighted by molar-refractivity contribution is 7.98. The second-order valence-electron chi connectivity index (χ2n) is 7.77. The molecular formula is C25H25N3O5S3. The van der Waals surface area contributed by atoms with Gasteiger partial charge in [0.1, 0.15) is 12.3 Å². The summed E-state index contributed by atoms with van der Waals surface area (Å²) in [6, 6.07) is 18.2. The summed E-state index contributed by atoms with van der Waals surface area (Å²) in [5.41, 5.74) is 1.57. The van der Waals surface area contributed by atoms with Gasteiger partial charge in [-0.2, -0.15) is 0 Å². The number of hydrogen-bond acceptors (Lipinski definition) is 7. The normalized spacial score (nSPS) is 11.4. The maximum absolute atomic E-state index is 13.6. The van der Waals surface area contributed by atoms with Crippen LogP contribution in [0.2, 0.25) is 0 Å². The Balaban J connectivity index is 1.64. The fourth-order valence-corrected chi connectivity index (χ4v) is 6.36. The molecule has 1 amide bonds. The molecule has 0 bridgehead atoms. The summed E-state index contributed by atoms with van der Waals surface area (Å²) in [5, 5.41) is 2.76. The highest BCUT2D eigenvalue weighted by Gasteiger charge is 2.27. The molecule has 0 aliphatic carbocycles. The molecule has 0 aliphatic rings. The maximum atomic E-state index is 13.6. The molecule has 0 fully saturated rings. The number of aromatic nitrogens is 1. The Labute approximate surface area is 217 Å². The van der Waals surface area contributed by atoms with E-state index in [1.54, 1.807) is 61.6 Å². The van der Waals surface area contributed by atoms with Crippen molar-refractivity contribution in [3.05, 3.63) is 76.4 Å². The lowest BCUT2D eigenvalue weighted by Crippen LogP contribution is -2.38. The quantitative estimate of drug-likeness (QED) is 0.311. The van der Waals surface area contributed by atoms with Crippen LogP contribution in [0.4, 0.5) is 11.4 Å². The monoisotopic (exact) mass is 543 g/mol. The Bertz CT molecular complexity index is 1540. The molecule has 1 N–H and O–H groups in total. The number of nitrogens with one attached hydrogen (secondary N) is 1. The molecule has 0 unspecified atom stereocenters. The van der Waals surface area contributed by atoms with Crippen LogP contribution in [-0.2, 0) is 21.9 Å². The minimum Gasteiger partial charge on any atom is -0.494 e. The van der Waals surface area contributed by atoms with Gasteiger partial charge < -0.3 is 14.6 Å². The number of thioether (sulfide) groups is 1. The lowest BCUT2D eigenvalue weighted by molar-refractivity contribution is -0.114. The second-order valence-corrected chi connectivity index (χ2v) is 11.5. The van der Waals surface area contributed by atoms with E-state index in [2.05, 4.69) is 5.32 Å². The molecular weight excluding hydrogens is 518 g/mol. The summed E-state index contributed by atoms with van der Waals surface area (Å²) in [6.45, 7) is 1.90. The molecule has 0 atom stereocenters. The first kappa shape index (κ1) is 25.8. The van der Waals surface area contributed by atoms with Gasteiger partial charge in [-0.25, -0.2) is 8.42 Å². The van der Waals surface area contributed by atoms with Gasteiger partial charge >= 0.3 is 4.87 Å². The summed E-state index contributed by atoms with van der Waals surface area (Å²) in [4.78, 5) is 25.9. The molecule has 0 aliphatic heterocycles. The van der Waals surface area contributed by atoms with Gasteiger partial charge in [-0.3, -0.25) is 13.9 Å². The Kier molecular flexibility index (Phi) is 7.72. The molecule has 0 saturated heterocycles. The van der Waals surface area contributed by atoms with Crippen LogP contribution in [0.15, 0.2) is 81.3 Å². The van der Waals surface area contributed by atoms with Crippen LogP contribution in [0.5, 0.6) is 5.75 Å². The first-order valence-electron chi connectivity index (χ1n) is 11.0. The van der Waals surface area contributed by atoms with Crippen LogP contribution in [0.1, 0.15) is 6.92 Å². The van der Waals surface area contributed by atoms with E-state index in [1.165, 1.54) is 28.5 Å². The Hall–Kier alpha value is -3.28. The number of amides is 1. The van der Waals surface area contributed by atoms with E-state index < -0.39 is 22.5 Å². The summed E-state index contributed by atoms with van der Waals surface area (Å²) in [7, 11) is -2.36. The van der Waals surface area contributed by atoms with Gasteiger partial charge in [0.15, 0.2) is 0 Å². The Morgan fingerprint density at radius 2 is 1.78 bits per heavy atom. The van der Waals surface area contributed by atoms with Gasteiger partial charge in [-0.1, -0.05) is 11.3 Å². The third kappa shape index (κ3) is 5.43. The molecule has 4 aromatic rings. The van der Waals surface area contributed by atoms with Gasteiger partial charge in [0.05, 0.1) is 27.4 Å². The van der Waals surface area contributed by atoms with Crippen LogP contribution in [0.3, 0.4) is 0 Å². The van der Waals surface area contributed by atoms with Crippen molar-refractivity contribution in [2.45, 2.75) is 16.7 Å². The zero-order valence-corrected chi connectivity index (χ0v) is 22.4. The van der Waals surface area contributed by atoms with E-state index >= 15 is 0 Å². The third-order valence-electron chi connectivity index (χ3n) is 5.45. The van der Waals surface area contributed by atoms with Gasteiger partial charge in [0, 0.05) is 17.6 Å². The summed E-state index contributed by atoms with van der Waals surface area (Å²) in [5.74, 6) is 0.0818. The number of benzene rings is 3. The number of sulfonamides is 1. The SMILES string of the molecule is CCOc1ccc(N(CC(=O)Nc2ccc3c(c2)sc(=O)n3C)S(=O)(=O)c2ccc(SC)cc2)cc1. The number of aryl methyl sites for hydroxylation is 1. The number of carbonyl (C=O) groups is 1. The van der Waals surface area contributed by atoms with Crippen molar-refractivity contribution in [3.63, 3.8) is 0 Å². The minimum atomic E-state index is -4.05. The lowest BCUT2D eigenvalue weighted by atomic mass is 10.3. The number of carbonyl (C=O) groups excluding carboxylic acids is 1. The predicted molar refractivity (Wildman–Crippen MR) is 146 cm³/mol. The van der Waals surface area contributed by atoms with Crippen LogP contribution >= 0.6 is 23.1 Å². The number of nitrogens with zero attached hydrogens (tertiary/aromatic N) is 2. The summed E-state index contributed by atoms with van der Waals surface area (Å²) < 4.78 is 36.0. The third-order valence-corrected chi connectivity index (χ3v) is 8.97. The number of anilines is 2. The number of ether oxygens (including phenoxy) is 1. The number of hydrogen-bond donors (Lipinski definition) is 1. The zero-order valence-electron chi connectivity index (χ0n) is 19.9. The van der Waals surface area contributed by atoms with E-state index in [1.807, 2.05) is 13.2 Å². The van der Waals surface area contributed by atoms with Crippen LogP contribution in [0.25, 0.3) is 10.2 Å². The van der Waals surface area contributed by atoms with Crippen molar-refractivity contribution >= 4 is 60.6 Å². The molecule has 0 saturated carbocycles. The van der Waals surface area contributed by atoms with E-state index in [4.69, 9.17) is 4.74 Å². The second kappa shape index (κ2) is 10.8. The van der Waals surface area contributed by atoms with Gasteiger partial charge in [0.25, 0.3) is 10.0 Å². The molecule has 8 nitrogen and oxygen atoms in total. The van der Waals surface area contributed by atoms with Crippen molar-refractivity contribution in [2.75, 3.05) is 29.0 Å². The fourth-order valence-electron chi connectivity index (χ4n) is 3.61. The van der Waals surface area contributed by atoms with E-state index in [9.17, 15) is 18.0 Å². The van der Waals surface area contributed by atoms with Gasteiger partial charge in [0.2, 0.25) is 5.91 Å². The average molecular weight is 544 g/mol. The van der Waals surface area contributed by atoms with Crippen molar-refractivity contribution in [1.82, 2.24) is 4.57 Å². The lowest BCUT2D eigenvalue weighted by Gasteiger charge is -2.24. The smallest absolute Gasteiger partial charge is 0.307 e. The number of rotatable bonds is 9. The Morgan fingerprint density at radius 1 is 1.08 bits per heavy atom. The molecule has 0 radical (unpaired) electrons. The maximum Gasteiger partial charge on any atom is 0.307 e. The molecule has 1 aromatic heterocycles. The average Bonchev–Trinajstić information content (AvgIpc) is 3.15. The van der Waals surface area contributed by atoms with Gasteiger partial charge in [-0.15, -0.1) is 11.8 Å². The highest BCUT2D eigenvalue weighted by atomic mass is 32.2. The molecule has 11 heteroatoms. The van der Waals surface area contributed by atoms with Crippen molar-refractivity contribution < 1.29 is 17.9 Å². The molecule has 3 aromatic carbocycles. The Morgan fingerprint density at radius 3 is 2.42 bits per heavy atom. The standard InChI is InChI=1S/C25H25N3O5S3/c1-4-33-19-8-6-18(7-9-19)28(36(31,32)21-12-10-20(34-3)11-13-21)16-24(29)26-17-5-14-22-23(15-17)35-25(30)27(22)2/h5-15H,4,16H2,1-3H3,(H,26,29). The van der Waals surface area contributed by atoms with Crippen LogP contribution < -0.4 is 19.2 Å². The molecule has 36 heavy (non-hydrogen) atoms. The van der Waals surface area contributed by atoms with E-state index in [0.717, 1.165) is 30.8 Å². The molecule has 188 valence electrons. The topological polar surface area (TPSA) is 97.7 Å².